The van der Waals surface area contributed by atoms with Gasteiger partial charge in [-0.25, -0.2) is 4.39 Å². The van der Waals surface area contributed by atoms with Crippen molar-refractivity contribution >= 4 is 10.8 Å². The van der Waals surface area contributed by atoms with Crippen LogP contribution < -0.4 is 10.1 Å². The third-order valence-corrected chi connectivity index (χ3v) is 6.93. The van der Waals surface area contributed by atoms with Gasteiger partial charge in [0.15, 0.2) is 0 Å². The van der Waals surface area contributed by atoms with Crippen LogP contribution in [0.25, 0.3) is 10.8 Å². The Hall–Kier alpha value is -3.25. The average molecular weight is 500 g/mol. The molecule has 4 nitrogen and oxygen atoms in total. The number of hydrogen-bond acceptors (Lipinski definition) is 4. The molecule has 5 heteroatoms. The molecule has 1 heterocycles. The Labute approximate surface area is 218 Å². The van der Waals surface area contributed by atoms with Crippen molar-refractivity contribution in [2.75, 3.05) is 26.3 Å². The van der Waals surface area contributed by atoms with Crippen molar-refractivity contribution in [1.82, 2.24) is 5.32 Å². The maximum absolute atomic E-state index is 13.6. The molecule has 37 heavy (non-hydrogen) atoms. The molecule has 0 amide bonds. The molecule has 0 spiro atoms. The zero-order chi connectivity index (χ0) is 25.3. The molecule has 0 aromatic heterocycles. The van der Waals surface area contributed by atoms with Crippen molar-refractivity contribution in [2.24, 2.45) is 0 Å². The van der Waals surface area contributed by atoms with Gasteiger partial charge in [0.2, 0.25) is 0 Å². The fourth-order valence-corrected chi connectivity index (χ4v) is 4.88. The molecule has 0 aliphatic carbocycles. The zero-order valence-corrected chi connectivity index (χ0v) is 21.1. The maximum Gasteiger partial charge on any atom is 0.128 e. The lowest BCUT2D eigenvalue weighted by Gasteiger charge is -2.32. The van der Waals surface area contributed by atoms with E-state index in [1.165, 1.54) is 28.0 Å². The molecule has 5 rings (SSSR count). The van der Waals surface area contributed by atoms with Crippen molar-refractivity contribution in [3.05, 3.63) is 114 Å². The van der Waals surface area contributed by atoms with Crippen LogP contribution in [0.4, 0.5) is 4.39 Å². The lowest BCUT2D eigenvalue weighted by atomic mass is 9.87. The van der Waals surface area contributed by atoms with Gasteiger partial charge in [-0.05, 0) is 59.1 Å². The van der Waals surface area contributed by atoms with Crippen LogP contribution in [0.15, 0.2) is 91.0 Å². The summed E-state index contributed by atoms with van der Waals surface area (Å²) in [7, 11) is 0. The molecule has 1 aliphatic rings. The highest BCUT2D eigenvalue weighted by atomic mass is 19.1. The number of nitrogens with one attached hydrogen (secondary N) is 1. The van der Waals surface area contributed by atoms with Crippen molar-refractivity contribution in [3.8, 4) is 5.75 Å². The Morgan fingerprint density at radius 1 is 0.811 bits per heavy atom. The van der Waals surface area contributed by atoms with Crippen LogP contribution in [0, 0.1) is 5.82 Å². The van der Waals surface area contributed by atoms with E-state index < -0.39 is 0 Å². The molecular formula is C32H34FNO3. The second-order valence-electron chi connectivity index (χ2n) is 9.55. The number of ether oxygens (including phenoxy) is 3. The number of piperidine rings is 1. The topological polar surface area (TPSA) is 39.7 Å². The number of rotatable bonds is 11. The van der Waals surface area contributed by atoms with Gasteiger partial charge in [0.1, 0.15) is 11.6 Å². The number of benzene rings is 4. The Balaban J connectivity index is 1.08. The van der Waals surface area contributed by atoms with E-state index in [0.29, 0.717) is 31.3 Å². The summed E-state index contributed by atoms with van der Waals surface area (Å²) in [5, 5.41) is 5.98. The van der Waals surface area contributed by atoms with E-state index in [9.17, 15) is 4.39 Å². The molecule has 2 atom stereocenters. The van der Waals surface area contributed by atoms with Crippen molar-refractivity contribution in [2.45, 2.75) is 38.1 Å². The molecule has 1 aliphatic heterocycles. The minimum Gasteiger partial charge on any atom is -0.494 e. The van der Waals surface area contributed by atoms with Crippen LogP contribution in [0.1, 0.15) is 35.4 Å². The first kappa shape index (κ1) is 25.4. The van der Waals surface area contributed by atoms with E-state index in [1.54, 1.807) is 12.1 Å². The van der Waals surface area contributed by atoms with E-state index in [1.807, 2.05) is 18.2 Å². The molecule has 4 aromatic carbocycles. The van der Waals surface area contributed by atoms with Gasteiger partial charge in [-0.15, -0.1) is 0 Å². The molecule has 192 valence electrons. The van der Waals surface area contributed by atoms with Crippen molar-refractivity contribution in [3.63, 3.8) is 0 Å². The molecule has 0 radical (unpaired) electrons. The summed E-state index contributed by atoms with van der Waals surface area (Å²) in [6.45, 7) is 3.81. The lowest BCUT2D eigenvalue weighted by molar-refractivity contribution is 0.0106. The van der Waals surface area contributed by atoms with Gasteiger partial charge in [-0.2, -0.15) is 0 Å². The van der Waals surface area contributed by atoms with Gasteiger partial charge in [-0.1, -0.05) is 66.7 Å². The molecule has 0 saturated carbocycles. The van der Waals surface area contributed by atoms with Gasteiger partial charge >= 0.3 is 0 Å². The predicted octanol–water partition coefficient (Wildman–Crippen LogP) is 6.63. The van der Waals surface area contributed by atoms with Gasteiger partial charge in [0, 0.05) is 24.4 Å². The SMILES string of the molecule is Fc1ccccc1COCCCOc1ccc(C2CCNCC2OCc2ccc3ccccc3c2)cc1. The Morgan fingerprint density at radius 2 is 1.62 bits per heavy atom. The van der Waals surface area contributed by atoms with Gasteiger partial charge < -0.3 is 19.5 Å². The Morgan fingerprint density at radius 3 is 2.49 bits per heavy atom. The first-order valence-electron chi connectivity index (χ1n) is 13.1. The van der Waals surface area contributed by atoms with E-state index in [0.717, 1.165) is 31.7 Å². The standard InChI is InChI=1S/C32H34FNO3/c33-31-9-4-3-8-28(31)23-35-18-5-19-36-29-14-12-26(13-15-29)30-16-17-34-21-32(30)37-22-24-10-11-25-6-1-2-7-27(25)20-24/h1-4,6-15,20,30,32,34H,5,16-19,21-23H2. The predicted molar refractivity (Wildman–Crippen MR) is 145 cm³/mol. The first-order chi connectivity index (χ1) is 18.3. The van der Waals surface area contributed by atoms with Crippen LogP contribution in [0.5, 0.6) is 5.75 Å². The first-order valence-corrected chi connectivity index (χ1v) is 13.1. The van der Waals surface area contributed by atoms with Gasteiger partial charge in [-0.3, -0.25) is 0 Å². The Bertz CT molecular complexity index is 1280. The fourth-order valence-electron chi connectivity index (χ4n) is 4.88. The highest BCUT2D eigenvalue weighted by Gasteiger charge is 2.27. The molecule has 1 saturated heterocycles. The highest BCUT2D eigenvalue weighted by molar-refractivity contribution is 5.82. The number of fused-ring (bicyclic) bond motifs is 1. The van der Waals surface area contributed by atoms with E-state index in [4.69, 9.17) is 14.2 Å². The molecule has 1 N–H and O–H groups in total. The van der Waals surface area contributed by atoms with E-state index in [2.05, 4.69) is 59.9 Å². The third kappa shape index (κ3) is 6.95. The second-order valence-corrected chi connectivity index (χ2v) is 9.55. The van der Waals surface area contributed by atoms with Crippen LogP contribution in [0.2, 0.25) is 0 Å². The summed E-state index contributed by atoms with van der Waals surface area (Å²) in [5.41, 5.74) is 3.06. The Kier molecular flexibility index (Phi) is 8.80. The highest BCUT2D eigenvalue weighted by Crippen LogP contribution is 2.30. The summed E-state index contributed by atoms with van der Waals surface area (Å²) >= 11 is 0. The summed E-state index contributed by atoms with van der Waals surface area (Å²) in [6.07, 6.45) is 1.91. The van der Waals surface area contributed by atoms with Gasteiger partial charge in [0.25, 0.3) is 0 Å². The quantitative estimate of drug-likeness (QED) is 0.235. The number of hydrogen-bond donors (Lipinski definition) is 1. The van der Waals surface area contributed by atoms with E-state index >= 15 is 0 Å². The number of halogens is 1. The van der Waals surface area contributed by atoms with Crippen LogP contribution in [-0.2, 0) is 22.7 Å². The van der Waals surface area contributed by atoms with Gasteiger partial charge in [0.05, 0.1) is 32.5 Å². The molecule has 2 unspecified atom stereocenters. The normalized spacial score (nSPS) is 17.6. The summed E-state index contributed by atoms with van der Waals surface area (Å²) in [6, 6.07) is 30.1. The third-order valence-electron chi connectivity index (χ3n) is 6.93. The molecule has 0 bridgehead atoms. The van der Waals surface area contributed by atoms with E-state index in [-0.39, 0.29) is 18.5 Å². The monoisotopic (exact) mass is 499 g/mol. The molecular weight excluding hydrogens is 465 g/mol. The minimum atomic E-state index is -0.228. The maximum atomic E-state index is 13.6. The fraction of sp³-hybridized carbons (Fsp3) is 0.312. The summed E-state index contributed by atoms with van der Waals surface area (Å²) in [4.78, 5) is 0. The second kappa shape index (κ2) is 12.8. The zero-order valence-electron chi connectivity index (χ0n) is 21.1. The smallest absolute Gasteiger partial charge is 0.128 e. The lowest BCUT2D eigenvalue weighted by Crippen LogP contribution is -2.40. The largest absolute Gasteiger partial charge is 0.494 e. The molecule has 4 aromatic rings. The van der Waals surface area contributed by atoms with Crippen molar-refractivity contribution in [1.29, 1.82) is 0 Å². The van der Waals surface area contributed by atoms with Crippen LogP contribution in [-0.4, -0.2) is 32.4 Å². The average Bonchev–Trinajstić information content (AvgIpc) is 2.95. The van der Waals surface area contributed by atoms with Crippen LogP contribution >= 0.6 is 0 Å². The minimum absolute atomic E-state index is 0.124. The summed E-state index contributed by atoms with van der Waals surface area (Å²) in [5.74, 6) is 0.969. The van der Waals surface area contributed by atoms with Crippen LogP contribution in [0.3, 0.4) is 0 Å². The van der Waals surface area contributed by atoms with Crippen molar-refractivity contribution < 1.29 is 18.6 Å². The molecule has 1 fully saturated rings. The summed E-state index contributed by atoms with van der Waals surface area (Å²) < 4.78 is 31.5.